The van der Waals surface area contributed by atoms with Gasteiger partial charge in [-0.25, -0.2) is 4.98 Å². The number of aliphatic hydroxyl groups is 1. The van der Waals surface area contributed by atoms with Gasteiger partial charge in [0.05, 0.1) is 23.3 Å². The number of hydrogen-bond acceptors (Lipinski definition) is 4. The van der Waals surface area contributed by atoms with Crippen LogP contribution in [0.15, 0.2) is 42.6 Å². The van der Waals surface area contributed by atoms with Gasteiger partial charge in [-0.2, -0.15) is 13.2 Å². The van der Waals surface area contributed by atoms with Gasteiger partial charge in [0, 0.05) is 35.2 Å². The maximum atomic E-state index is 12.9. The lowest BCUT2D eigenvalue weighted by atomic mass is 9.89. The van der Waals surface area contributed by atoms with Crippen molar-refractivity contribution in [2.45, 2.75) is 43.5 Å². The predicted molar refractivity (Wildman–Crippen MR) is 117 cm³/mol. The lowest BCUT2D eigenvalue weighted by molar-refractivity contribution is -0.154. The number of hydrogen-bond donors (Lipinski definition) is 2. The number of nitrogens with one attached hydrogen (secondary N) is 1. The molecule has 1 atom stereocenters. The van der Waals surface area contributed by atoms with Gasteiger partial charge in [0.2, 0.25) is 11.8 Å². The first-order valence-electron chi connectivity index (χ1n) is 10.3. The number of carbonyl (C=O) groups is 1. The number of amides is 1. The Morgan fingerprint density at radius 1 is 1.30 bits per heavy atom. The maximum Gasteiger partial charge on any atom is 0.422 e. The van der Waals surface area contributed by atoms with E-state index in [4.69, 9.17) is 16.3 Å². The summed E-state index contributed by atoms with van der Waals surface area (Å²) in [6.07, 6.45) is -1.75. The fourth-order valence-corrected chi connectivity index (χ4v) is 4.21. The average Bonchev–Trinajstić information content (AvgIpc) is 3.39. The largest absolute Gasteiger partial charge is 0.468 e. The maximum absolute atomic E-state index is 12.9. The van der Waals surface area contributed by atoms with Crippen molar-refractivity contribution in [1.82, 2.24) is 14.9 Å². The molecule has 0 saturated heterocycles. The Morgan fingerprint density at radius 3 is 2.70 bits per heavy atom. The Morgan fingerprint density at radius 2 is 2.03 bits per heavy atom. The molecule has 176 valence electrons. The van der Waals surface area contributed by atoms with Gasteiger partial charge in [-0.05, 0) is 43.5 Å². The molecular formula is C23H23ClF3N3O3. The van der Waals surface area contributed by atoms with E-state index in [0.29, 0.717) is 24.1 Å². The highest BCUT2D eigenvalue weighted by molar-refractivity contribution is 6.30. The molecular weight excluding hydrogens is 459 g/mol. The zero-order valence-corrected chi connectivity index (χ0v) is 18.8. The zero-order valence-electron chi connectivity index (χ0n) is 18.0. The van der Waals surface area contributed by atoms with Crippen molar-refractivity contribution >= 4 is 28.4 Å². The van der Waals surface area contributed by atoms with Gasteiger partial charge in [-0.3, -0.25) is 4.79 Å². The second-order valence-corrected chi connectivity index (χ2v) is 9.10. The minimum atomic E-state index is -4.51. The van der Waals surface area contributed by atoms with Gasteiger partial charge in [0.1, 0.15) is 0 Å². The highest BCUT2D eigenvalue weighted by Gasteiger charge is 2.48. The Balaban J connectivity index is 1.51. The van der Waals surface area contributed by atoms with Crippen LogP contribution in [-0.4, -0.2) is 33.3 Å². The Hall–Kier alpha value is -2.78. The summed E-state index contributed by atoms with van der Waals surface area (Å²) in [4.78, 5) is 17.0. The van der Waals surface area contributed by atoms with E-state index in [2.05, 4.69) is 10.3 Å². The van der Waals surface area contributed by atoms with Crippen LogP contribution in [0.2, 0.25) is 5.02 Å². The van der Waals surface area contributed by atoms with Crippen LogP contribution in [0, 0.1) is 0 Å². The Labute approximate surface area is 193 Å². The van der Waals surface area contributed by atoms with Crippen molar-refractivity contribution in [2.75, 3.05) is 6.61 Å². The summed E-state index contributed by atoms with van der Waals surface area (Å²) in [7, 11) is 1.90. The Kier molecular flexibility index (Phi) is 5.82. The van der Waals surface area contributed by atoms with Crippen molar-refractivity contribution in [2.24, 2.45) is 7.05 Å². The average molecular weight is 482 g/mol. The van der Waals surface area contributed by atoms with Crippen molar-refractivity contribution in [3.8, 4) is 5.88 Å². The summed E-state index contributed by atoms with van der Waals surface area (Å²) < 4.78 is 44.1. The summed E-state index contributed by atoms with van der Waals surface area (Å²) in [5, 5.41) is 15.0. The first kappa shape index (κ1) is 23.4. The van der Waals surface area contributed by atoms with Crippen molar-refractivity contribution in [3.05, 3.63) is 58.9 Å². The highest BCUT2D eigenvalue weighted by Crippen LogP contribution is 2.46. The smallest absolute Gasteiger partial charge is 0.422 e. The summed E-state index contributed by atoms with van der Waals surface area (Å²) in [6, 6.07) is 10.1. The topological polar surface area (TPSA) is 76.4 Å². The van der Waals surface area contributed by atoms with Crippen molar-refractivity contribution < 1.29 is 27.8 Å². The van der Waals surface area contributed by atoms with Gasteiger partial charge in [-0.1, -0.05) is 23.7 Å². The molecule has 2 aromatic heterocycles. The van der Waals surface area contributed by atoms with Crippen LogP contribution in [0.25, 0.3) is 10.9 Å². The van der Waals surface area contributed by atoms with Crippen molar-refractivity contribution in [3.63, 3.8) is 0 Å². The van der Waals surface area contributed by atoms with E-state index in [9.17, 15) is 23.1 Å². The van der Waals surface area contributed by atoms with E-state index in [-0.39, 0.29) is 17.3 Å². The number of halogens is 4. The second-order valence-electron chi connectivity index (χ2n) is 8.66. The molecule has 2 N–H and O–H groups in total. The van der Waals surface area contributed by atoms with Gasteiger partial charge in [-0.15, -0.1) is 0 Å². The zero-order chi connectivity index (χ0) is 24.0. The van der Waals surface area contributed by atoms with Crippen LogP contribution in [0.4, 0.5) is 13.2 Å². The number of alkyl halides is 3. The van der Waals surface area contributed by atoms with Crippen LogP contribution in [-0.2, 0) is 23.0 Å². The number of nitrogens with zero attached hydrogens (tertiary/aromatic N) is 2. The number of aromatic nitrogens is 2. The monoisotopic (exact) mass is 481 g/mol. The number of benzene rings is 1. The van der Waals surface area contributed by atoms with Crippen LogP contribution in [0.1, 0.15) is 37.4 Å². The molecule has 4 rings (SSSR count). The molecule has 0 radical (unpaired) electrons. The van der Waals surface area contributed by atoms with Crippen LogP contribution >= 0.6 is 11.6 Å². The molecule has 0 aliphatic heterocycles. The third-order valence-electron chi connectivity index (χ3n) is 5.78. The number of aryl methyl sites for hydroxylation is 1. The molecule has 1 saturated carbocycles. The molecule has 0 spiro atoms. The number of ether oxygens (including phenoxy) is 1. The van der Waals surface area contributed by atoms with Gasteiger partial charge < -0.3 is 19.7 Å². The minimum Gasteiger partial charge on any atom is -0.468 e. The second kappa shape index (κ2) is 8.22. The van der Waals surface area contributed by atoms with Gasteiger partial charge in [0.15, 0.2) is 6.61 Å². The number of carbonyl (C=O) groups excluding carboxylic acids is 1. The summed E-state index contributed by atoms with van der Waals surface area (Å²) >= 11 is 6.06. The fourth-order valence-electron chi connectivity index (χ4n) is 4.01. The van der Waals surface area contributed by atoms with E-state index in [0.717, 1.165) is 10.9 Å². The molecule has 1 amide bonds. The molecule has 1 aliphatic carbocycles. The fraction of sp³-hybridized carbons (Fsp3) is 0.391. The lowest BCUT2D eigenvalue weighted by Gasteiger charge is -2.26. The van der Waals surface area contributed by atoms with E-state index in [1.807, 2.05) is 36.0 Å². The Bertz CT molecular complexity index is 1200. The molecule has 0 bridgehead atoms. The lowest BCUT2D eigenvalue weighted by Crippen LogP contribution is -2.39. The van der Waals surface area contributed by atoms with Crippen LogP contribution in [0.3, 0.4) is 0 Å². The molecule has 6 nitrogen and oxygen atoms in total. The molecule has 1 aliphatic rings. The molecule has 10 heteroatoms. The molecule has 1 aromatic carbocycles. The number of rotatable bonds is 7. The third-order valence-corrected chi connectivity index (χ3v) is 6.00. The standard InChI is InChI=1S/C23H23ClF3N3O3/c1-21(32,16-4-3-5-17-15(16)6-9-30(17)2)12-19(31)29-22(7-8-22)18-10-14(24)11-20(28-18)33-13-23(25,26)27/h3-6,9-11,32H,7-8,12-13H2,1-2H3,(H,29,31)/t21-/m0/s1. The quantitative estimate of drug-likeness (QED) is 0.518. The summed E-state index contributed by atoms with van der Waals surface area (Å²) in [5.41, 5.74) is -0.410. The highest BCUT2D eigenvalue weighted by atomic mass is 35.5. The summed E-state index contributed by atoms with van der Waals surface area (Å²) in [5.74, 6) is -0.678. The van der Waals surface area contributed by atoms with E-state index in [1.165, 1.54) is 12.1 Å². The van der Waals surface area contributed by atoms with E-state index < -0.39 is 29.8 Å². The van der Waals surface area contributed by atoms with Crippen LogP contribution in [0.5, 0.6) is 5.88 Å². The number of pyridine rings is 1. The molecule has 1 fully saturated rings. The predicted octanol–water partition coefficient (Wildman–Crippen LogP) is 4.57. The summed E-state index contributed by atoms with van der Waals surface area (Å²) in [6.45, 7) is 0.0850. The van der Waals surface area contributed by atoms with E-state index in [1.54, 1.807) is 13.0 Å². The third kappa shape index (κ3) is 5.09. The first-order valence-corrected chi connectivity index (χ1v) is 10.7. The minimum absolute atomic E-state index is 0.153. The van der Waals surface area contributed by atoms with Crippen molar-refractivity contribution in [1.29, 1.82) is 0 Å². The normalized spacial score (nSPS) is 16.9. The van der Waals surface area contributed by atoms with Crippen LogP contribution < -0.4 is 10.1 Å². The molecule has 2 heterocycles. The molecule has 0 unspecified atom stereocenters. The molecule has 33 heavy (non-hydrogen) atoms. The first-order chi connectivity index (χ1) is 15.4. The van der Waals surface area contributed by atoms with E-state index >= 15 is 0 Å². The molecule has 3 aromatic rings. The SMILES string of the molecule is Cn1ccc2c([C@@](C)(O)CC(=O)NC3(c4cc(Cl)cc(OCC(F)(F)F)n4)CC3)cccc21. The van der Waals surface area contributed by atoms with Gasteiger partial charge in [0.25, 0.3) is 0 Å². The van der Waals surface area contributed by atoms with Gasteiger partial charge >= 0.3 is 6.18 Å². The number of fused-ring (bicyclic) bond motifs is 1.